The van der Waals surface area contributed by atoms with E-state index in [1.807, 2.05) is 25.1 Å². The Morgan fingerprint density at radius 2 is 1.71 bits per heavy atom. The minimum atomic E-state index is -3.25. The molecule has 0 amide bonds. The van der Waals surface area contributed by atoms with Crippen LogP contribution < -0.4 is 4.74 Å². The Morgan fingerprint density at radius 3 is 2.32 bits per heavy atom. The van der Waals surface area contributed by atoms with Gasteiger partial charge in [0.2, 0.25) is 0 Å². The van der Waals surface area contributed by atoms with Crippen molar-refractivity contribution in [3.05, 3.63) is 100 Å². The Kier molecular flexibility index (Phi) is 5.89. The molecule has 1 unspecified atom stereocenters. The van der Waals surface area contributed by atoms with Crippen molar-refractivity contribution in [2.24, 2.45) is 0 Å². The van der Waals surface area contributed by atoms with Crippen LogP contribution >= 0.6 is 11.3 Å². The summed E-state index contributed by atoms with van der Waals surface area (Å²) in [5.41, 5.74) is 5.44. The van der Waals surface area contributed by atoms with E-state index in [4.69, 9.17) is 4.74 Å². The maximum atomic E-state index is 13.4. The first-order chi connectivity index (χ1) is 14.8. The molecule has 0 radical (unpaired) electrons. The van der Waals surface area contributed by atoms with Crippen molar-refractivity contribution < 1.29 is 17.5 Å². The lowest BCUT2D eigenvalue weighted by molar-refractivity contribution is 0.251. The summed E-state index contributed by atoms with van der Waals surface area (Å²) >= 11 is 1.47. The lowest BCUT2D eigenvalue weighted by atomic mass is 10.0. The Balaban J connectivity index is 1.69. The normalized spacial score (nSPS) is 12.5. The topological polar surface area (TPSA) is 56.3 Å². The second kappa shape index (κ2) is 8.61. The van der Waals surface area contributed by atoms with Gasteiger partial charge in [-0.15, -0.1) is 11.3 Å². The zero-order chi connectivity index (χ0) is 22.0. The van der Waals surface area contributed by atoms with E-state index in [0.717, 1.165) is 27.1 Å². The van der Waals surface area contributed by atoms with Crippen molar-refractivity contribution in [2.45, 2.75) is 17.9 Å². The molecule has 4 nitrogen and oxygen atoms in total. The van der Waals surface area contributed by atoms with Crippen LogP contribution in [-0.4, -0.2) is 19.7 Å². The van der Waals surface area contributed by atoms with Crippen LogP contribution in [0.15, 0.2) is 83.3 Å². The number of thiazole rings is 1. The summed E-state index contributed by atoms with van der Waals surface area (Å²) in [4.78, 5) is 5.34. The van der Waals surface area contributed by atoms with E-state index >= 15 is 0 Å². The molecule has 0 bridgehead atoms. The zero-order valence-corrected chi connectivity index (χ0v) is 18.6. The molecule has 1 atom stereocenters. The Labute approximate surface area is 184 Å². The van der Waals surface area contributed by atoms with Crippen LogP contribution in [0.25, 0.3) is 11.1 Å². The Morgan fingerprint density at radius 1 is 1.00 bits per heavy atom. The number of ether oxygens (including phenoxy) is 1. The first-order valence-corrected chi connectivity index (χ1v) is 12.3. The highest BCUT2D eigenvalue weighted by Crippen LogP contribution is 2.34. The molecular weight excluding hydrogens is 433 g/mol. The number of nitrogens with zero attached hydrogens (tertiary/aromatic N) is 1. The van der Waals surface area contributed by atoms with Crippen molar-refractivity contribution in [1.82, 2.24) is 4.98 Å². The fourth-order valence-corrected chi connectivity index (χ4v) is 4.59. The van der Waals surface area contributed by atoms with Gasteiger partial charge in [0.05, 0.1) is 15.3 Å². The van der Waals surface area contributed by atoms with Gasteiger partial charge in [-0.1, -0.05) is 30.3 Å². The van der Waals surface area contributed by atoms with Crippen LogP contribution in [-0.2, 0) is 9.84 Å². The molecule has 7 heteroatoms. The lowest BCUT2D eigenvalue weighted by Gasteiger charge is -2.19. The maximum Gasteiger partial charge on any atom is 0.175 e. The van der Waals surface area contributed by atoms with Crippen molar-refractivity contribution >= 4 is 21.2 Å². The monoisotopic (exact) mass is 453 g/mol. The van der Waals surface area contributed by atoms with Crippen LogP contribution in [0, 0.1) is 12.7 Å². The van der Waals surface area contributed by atoms with Gasteiger partial charge in [0.25, 0.3) is 0 Å². The smallest absolute Gasteiger partial charge is 0.175 e. The van der Waals surface area contributed by atoms with Crippen LogP contribution in [0.4, 0.5) is 4.39 Å². The van der Waals surface area contributed by atoms with E-state index < -0.39 is 15.9 Å². The fraction of sp³-hybridized carbons (Fsp3) is 0.125. The van der Waals surface area contributed by atoms with Gasteiger partial charge in [0, 0.05) is 12.5 Å². The van der Waals surface area contributed by atoms with Crippen LogP contribution in [0.3, 0.4) is 0 Å². The Bertz CT molecular complexity index is 1280. The third-order valence-corrected chi connectivity index (χ3v) is 6.89. The lowest BCUT2D eigenvalue weighted by Crippen LogP contribution is -2.08. The minimum Gasteiger partial charge on any atom is -0.480 e. The minimum absolute atomic E-state index is 0.280. The second-order valence-electron chi connectivity index (χ2n) is 7.23. The summed E-state index contributed by atoms with van der Waals surface area (Å²) in [5.74, 6) is 0.345. The summed E-state index contributed by atoms with van der Waals surface area (Å²) < 4.78 is 43.2. The fourth-order valence-electron chi connectivity index (χ4n) is 3.29. The summed E-state index contributed by atoms with van der Waals surface area (Å²) in [6.07, 6.45) is 2.52. The summed E-state index contributed by atoms with van der Waals surface area (Å²) in [6.45, 7) is 1.99. The largest absolute Gasteiger partial charge is 0.480 e. The molecule has 158 valence electrons. The summed E-state index contributed by atoms with van der Waals surface area (Å²) in [6, 6.07) is 18.8. The molecule has 1 heterocycles. The van der Waals surface area contributed by atoms with Crippen LogP contribution in [0.5, 0.6) is 5.75 Å². The summed E-state index contributed by atoms with van der Waals surface area (Å²) in [5, 5.41) is 0. The molecule has 3 aromatic carbocycles. The number of sulfone groups is 1. The van der Waals surface area contributed by atoms with Crippen molar-refractivity contribution in [3.63, 3.8) is 0 Å². The van der Waals surface area contributed by atoms with Gasteiger partial charge in [-0.05, 0) is 65.6 Å². The molecule has 0 aliphatic carbocycles. The first kappa shape index (κ1) is 21.2. The number of hydrogen-bond donors (Lipinski definition) is 0. The standard InChI is InChI=1S/C24H20FNO3S2/c1-16-3-10-20(13-22(16)17-6-11-21(12-7-17)31(2,27)28)29-24(23-14-26-15-30-23)18-4-8-19(25)9-5-18/h3-15,24H,1-2H3. The zero-order valence-electron chi connectivity index (χ0n) is 16.9. The molecule has 31 heavy (non-hydrogen) atoms. The third kappa shape index (κ3) is 4.84. The molecule has 1 aromatic heterocycles. The number of aromatic nitrogens is 1. The van der Waals surface area contributed by atoms with Crippen molar-refractivity contribution in [2.75, 3.05) is 6.26 Å². The number of halogens is 1. The predicted octanol–water partition coefficient (Wildman–Crippen LogP) is 5.83. The van der Waals surface area contributed by atoms with Crippen LogP contribution in [0.1, 0.15) is 22.1 Å². The SMILES string of the molecule is Cc1ccc(OC(c2ccc(F)cc2)c2cncs2)cc1-c1ccc(S(C)(=O)=O)cc1. The van der Waals surface area contributed by atoms with Gasteiger partial charge in [-0.25, -0.2) is 12.8 Å². The molecule has 0 saturated heterocycles. The number of rotatable bonds is 6. The molecule has 0 fully saturated rings. The van der Waals surface area contributed by atoms with Gasteiger partial charge in [0.1, 0.15) is 11.6 Å². The molecule has 0 spiro atoms. The highest BCUT2D eigenvalue weighted by molar-refractivity contribution is 7.90. The van der Waals surface area contributed by atoms with E-state index in [1.54, 1.807) is 48.1 Å². The molecule has 0 saturated carbocycles. The molecule has 0 aliphatic rings. The predicted molar refractivity (Wildman–Crippen MR) is 121 cm³/mol. The maximum absolute atomic E-state index is 13.4. The van der Waals surface area contributed by atoms with Gasteiger partial charge in [-0.3, -0.25) is 4.98 Å². The summed E-state index contributed by atoms with van der Waals surface area (Å²) in [7, 11) is -3.25. The molecular formula is C24H20FNO3S2. The van der Waals surface area contributed by atoms with Gasteiger partial charge in [-0.2, -0.15) is 0 Å². The van der Waals surface area contributed by atoms with E-state index in [2.05, 4.69) is 4.98 Å². The molecule has 0 N–H and O–H groups in total. The molecule has 0 aliphatic heterocycles. The third-order valence-electron chi connectivity index (χ3n) is 4.94. The van der Waals surface area contributed by atoms with Crippen molar-refractivity contribution in [1.29, 1.82) is 0 Å². The number of hydrogen-bond acceptors (Lipinski definition) is 5. The van der Waals surface area contributed by atoms with E-state index in [-0.39, 0.29) is 10.7 Å². The number of benzene rings is 3. The van der Waals surface area contributed by atoms with Gasteiger partial charge in [0.15, 0.2) is 15.9 Å². The first-order valence-electron chi connectivity index (χ1n) is 9.53. The van der Waals surface area contributed by atoms with Gasteiger partial charge >= 0.3 is 0 Å². The van der Waals surface area contributed by atoms with E-state index in [9.17, 15) is 12.8 Å². The molecule has 4 rings (SSSR count). The average molecular weight is 454 g/mol. The van der Waals surface area contributed by atoms with Gasteiger partial charge < -0.3 is 4.74 Å². The second-order valence-corrected chi connectivity index (χ2v) is 10.2. The average Bonchev–Trinajstić information content (AvgIpc) is 3.28. The van der Waals surface area contributed by atoms with E-state index in [1.165, 1.54) is 29.7 Å². The highest BCUT2D eigenvalue weighted by Gasteiger charge is 2.19. The molecule has 4 aromatic rings. The highest BCUT2D eigenvalue weighted by atomic mass is 32.2. The number of aryl methyl sites for hydroxylation is 1. The quantitative estimate of drug-likeness (QED) is 0.369. The van der Waals surface area contributed by atoms with Crippen LogP contribution in [0.2, 0.25) is 0 Å². The van der Waals surface area contributed by atoms with E-state index in [0.29, 0.717) is 5.75 Å². The van der Waals surface area contributed by atoms with Crippen molar-refractivity contribution in [3.8, 4) is 16.9 Å². The Hall–Kier alpha value is -3.03.